The Morgan fingerprint density at radius 1 is 0.931 bits per heavy atom. The molecule has 0 aliphatic heterocycles. The van der Waals surface area contributed by atoms with E-state index < -0.39 is 0 Å². The fourth-order valence-electron chi connectivity index (χ4n) is 2.90. The molecule has 3 rings (SSSR count). The average molecular weight is 404 g/mol. The van der Waals surface area contributed by atoms with Crippen LogP contribution in [0, 0.1) is 0 Å². The number of rotatable bonds is 6. The molecule has 0 saturated heterocycles. The summed E-state index contributed by atoms with van der Waals surface area (Å²) in [6, 6.07) is 21.8. The molecule has 0 aliphatic rings. The second-order valence-corrected chi connectivity index (χ2v) is 7.47. The first-order valence-corrected chi connectivity index (χ1v) is 9.80. The van der Waals surface area contributed by atoms with Crippen molar-refractivity contribution in [3.05, 3.63) is 106 Å². The monoisotopic (exact) mass is 403 g/mol. The van der Waals surface area contributed by atoms with Crippen LogP contribution in [0.4, 0.5) is 5.69 Å². The Hall–Kier alpha value is -3.17. The number of anilines is 1. The van der Waals surface area contributed by atoms with Crippen molar-refractivity contribution in [2.45, 2.75) is 19.8 Å². The Kier molecular flexibility index (Phi) is 6.63. The molecule has 0 aromatic heterocycles. The lowest BCUT2D eigenvalue weighted by atomic mass is 10.0. The molecule has 0 atom stereocenters. The van der Waals surface area contributed by atoms with Gasteiger partial charge in [0.1, 0.15) is 0 Å². The zero-order valence-corrected chi connectivity index (χ0v) is 17.1. The van der Waals surface area contributed by atoms with E-state index >= 15 is 0 Å². The highest BCUT2D eigenvalue weighted by atomic mass is 35.5. The van der Waals surface area contributed by atoms with Crippen molar-refractivity contribution in [1.82, 2.24) is 0 Å². The first-order chi connectivity index (χ1) is 13.9. The fourth-order valence-corrected chi connectivity index (χ4v) is 3.07. The minimum absolute atomic E-state index is 0.198. The van der Waals surface area contributed by atoms with Gasteiger partial charge in [-0.3, -0.25) is 9.59 Å². The summed E-state index contributed by atoms with van der Waals surface area (Å²) in [4.78, 5) is 25.3. The average Bonchev–Trinajstić information content (AvgIpc) is 2.74. The molecule has 3 aromatic carbocycles. The molecular weight excluding hydrogens is 382 g/mol. The van der Waals surface area contributed by atoms with E-state index in [1.165, 1.54) is 11.6 Å². The van der Waals surface area contributed by atoms with Crippen LogP contribution in [0.3, 0.4) is 0 Å². The zero-order valence-electron chi connectivity index (χ0n) is 16.4. The maximum absolute atomic E-state index is 12.8. The molecule has 0 saturated carbocycles. The quantitative estimate of drug-likeness (QED) is 0.385. The topological polar surface area (TPSA) is 46.2 Å². The van der Waals surface area contributed by atoms with Crippen molar-refractivity contribution in [3.63, 3.8) is 0 Å². The van der Waals surface area contributed by atoms with Crippen molar-refractivity contribution >= 4 is 35.1 Å². The maximum Gasteiger partial charge on any atom is 0.248 e. The molecule has 4 heteroatoms. The molecule has 1 amide bonds. The molecule has 0 heterocycles. The van der Waals surface area contributed by atoms with Crippen molar-refractivity contribution in [3.8, 4) is 0 Å². The van der Waals surface area contributed by atoms with Crippen LogP contribution in [0.5, 0.6) is 0 Å². The van der Waals surface area contributed by atoms with Crippen LogP contribution in [0.2, 0.25) is 5.02 Å². The molecule has 0 radical (unpaired) electrons. The van der Waals surface area contributed by atoms with Gasteiger partial charge >= 0.3 is 0 Å². The fraction of sp³-hybridized carbons (Fsp3) is 0.120. The molecule has 1 N–H and O–H groups in total. The van der Waals surface area contributed by atoms with E-state index in [0.717, 1.165) is 5.56 Å². The zero-order chi connectivity index (χ0) is 20.8. The summed E-state index contributed by atoms with van der Waals surface area (Å²) >= 11 is 6.08. The van der Waals surface area contributed by atoms with E-state index in [1.807, 2.05) is 18.2 Å². The van der Waals surface area contributed by atoms with E-state index in [-0.39, 0.29) is 11.7 Å². The third kappa shape index (κ3) is 5.43. The van der Waals surface area contributed by atoms with E-state index in [9.17, 15) is 9.59 Å². The van der Waals surface area contributed by atoms with Crippen LogP contribution in [-0.2, 0) is 4.79 Å². The highest BCUT2D eigenvalue weighted by molar-refractivity contribution is 6.31. The molecule has 0 spiro atoms. The van der Waals surface area contributed by atoms with Gasteiger partial charge in [-0.05, 0) is 41.3 Å². The molecule has 0 aliphatic carbocycles. The lowest BCUT2D eigenvalue weighted by molar-refractivity contribution is -0.111. The van der Waals surface area contributed by atoms with Gasteiger partial charge in [0.2, 0.25) is 5.91 Å². The third-order valence-corrected chi connectivity index (χ3v) is 4.79. The molecule has 3 aromatic rings. The molecule has 0 fully saturated rings. The molecule has 29 heavy (non-hydrogen) atoms. The van der Waals surface area contributed by atoms with Crippen LogP contribution >= 0.6 is 11.6 Å². The third-order valence-electron chi connectivity index (χ3n) is 4.55. The number of amides is 1. The molecule has 0 bridgehead atoms. The minimum Gasteiger partial charge on any atom is -0.322 e. The predicted octanol–water partition coefficient (Wildman–Crippen LogP) is 6.35. The van der Waals surface area contributed by atoms with Gasteiger partial charge in [0, 0.05) is 22.2 Å². The van der Waals surface area contributed by atoms with Crippen LogP contribution < -0.4 is 5.32 Å². The van der Waals surface area contributed by atoms with Crippen LogP contribution in [0.15, 0.2) is 78.9 Å². The molecule has 146 valence electrons. The van der Waals surface area contributed by atoms with Gasteiger partial charge in [-0.15, -0.1) is 0 Å². The molecule has 0 unspecified atom stereocenters. The van der Waals surface area contributed by atoms with Gasteiger partial charge in [0.15, 0.2) is 5.78 Å². The smallest absolute Gasteiger partial charge is 0.248 e. The predicted molar refractivity (Wildman–Crippen MR) is 120 cm³/mol. The van der Waals surface area contributed by atoms with Gasteiger partial charge in [-0.25, -0.2) is 0 Å². The summed E-state index contributed by atoms with van der Waals surface area (Å²) in [6.45, 7) is 4.28. The summed E-state index contributed by atoms with van der Waals surface area (Å²) in [6.07, 6.45) is 3.20. The molecule has 3 nitrogen and oxygen atoms in total. The number of benzene rings is 3. The van der Waals surface area contributed by atoms with E-state index in [1.54, 1.807) is 48.5 Å². The van der Waals surface area contributed by atoms with Crippen molar-refractivity contribution in [2.24, 2.45) is 0 Å². The van der Waals surface area contributed by atoms with Gasteiger partial charge in [-0.1, -0.05) is 80.0 Å². The van der Waals surface area contributed by atoms with Gasteiger partial charge < -0.3 is 5.32 Å². The Bertz CT molecular complexity index is 1040. The second kappa shape index (κ2) is 9.35. The highest BCUT2D eigenvalue weighted by Crippen LogP contribution is 2.24. The SMILES string of the molecule is CC(C)c1ccc(C=CC(=O)Nc2ccc(Cl)cc2C(=O)c2ccccc2)cc1. The van der Waals surface area contributed by atoms with Gasteiger partial charge in [-0.2, -0.15) is 0 Å². The first-order valence-electron chi connectivity index (χ1n) is 9.42. The number of hydrogen-bond acceptors (Lipinski definition) is 2. The Balaban J connectivity index is 1.77. The Morgan fingerprint density at radius 3 is 2.28 bits per heavy atom. The number of ketones is 1. The number of halogens is 1. The van der Waals surface area contributed by atoms with E-state index in [0.29, 0.717) is 27.8 Å². The van der Waals surface area contributed by atoms with Gasteiger partial charge in [0.05, 0.1) is 5.69 Å². The van der Waals surface area contributed by atoms with Gasteiger partial charge in [0.25, 0.3) is 0 Å². The van der Waals surface area contributed by atoms with Crippen LogP contribution in [0.1, 0.15) is 46.8 Å². The number of carbonyl (C=O) groups excluding carboxylic acids is 2. The Labute approximate surface area is 176 Å². The number of hydrogen-bond donors (Lipinski definition) is 1. The standard InChI is InChI=1S/C25H22ClNO2/c1-17(2)19-11-8-18(9-12-19)10-15-24(28)27-23-14-13-21(26)16-22(23)25(29)20-6-4-3-5-7-20/h3-17H,1-2H3,(H,27,28). The van der Waals surface area contributed by atoms with E-state index in [4.69, 9.17) is 11.6 Å². The summed E-state index contributed by atoms with van der Waals surface area (Å²) in [5.74, 6) is -0.0548. The lowest BCUT2D eigenvalue weighted by Gasteiger charge is -2.10. The van der Waals surface area contributed by atoms with Crippen LogP contribution in [-0.4, -0.2) is 11.7 Å². The summed E-state index contributed by atoms with van der Waals surface area (Å²) in [7, 11) is 0. The summed E-state index contributed by atoms with van der Waals surface area (Å²) in [5, 5.41) is 3.22. The molecular formula is C25H22ClNO2. The van der Waals surface area contributed by atoms with Crippen molar-refractivity contribution in [1.29, 1.82) is 0 Å². The maximum atomic E-state index is 12.8. The Morgan fingerprint density at radius 2 is 1.62 bits per heavy atom. The first kappa shape index (κ1) is 20.6. The van der Waals surface area contributed by atoms with E-state index in [2.05, 4.69) is 31.3 Å². The largest absolute Gasteiger partial charge is 0.322 e. The minimum atomic E-state index is -0.317. The van der Waals surface area contributed by atoms with Crippen molar-refractivity contribution in [2.75, 3.05) is 5.32 Å². The number of carbonyl (C=O) groups is 2. The van der Waals surface area contributed by atoms with Crippen LogP contribution in [0.25, 0.3) is 6.08 Å². The summed E-state index contributed by atoms with van der Waals surface area (Å²) < 4.78 is 0. The number of nitrogens with one attached hydrogen (secondary N) is 1. The summed E-state index contributed by atoms with van der Waals surface area (Å²) in [5.41, 5.74) is 3.49. The van der Waals surface area contributed by atoms with Crippen molar-refractivity contribution < 1.29 is 9.59 Å². The highest BCUT2D eigenvalue weighted by Gasteiger charge is 2.15. The second-order valence-electron chi connectivity index (χ2n) is 7.03. The normalized spacial score (nSPS) is 11.0. The lowest BCUT2D eigenvalue weighted by Crippen LogP contribution is -2.12.